The molecule has 0 aromatic heterocycles. The molecule has 0 spiro atoms. The standard InChI is InChI=1S/C15H13BrN2O4S/c1-3-4-18-14(21)9(13(20)17-15(18)23)5-8-6-10(16)12(19)11(7-8)22-2/h3,5-7,19H,1,4H2,2H3,(H,17,20,23)/b9-5+. The maximum absolute atomic E-state index is 12.4. The van der Waals surface area contributed by atoms with Crippen LogP contribution in [0.3, 0.4) is 0 Å². The van der Waals surface area contributed by atoms with Crippen molar-refractivity contribution in [3.8, 4) is 11.5 Å². The summed E-state index contributed by atoms with van der Waals surface area (Å²) in [6.07, 6.45) is 2.92. The lowest BCUT2D eigenvalue weighted by Crippen LogP contribution is -2.53. The Hall–Kier alpha value is -2.19. The van der Waals surface area contributed by atoms with Crippen LogP contribution in [0.15, 0.2) is 34.8 Å². The average Bonchev–Trinajstić information content (AvgIpc) is 2.51. The van der Waals surface area contributed by atoms with Gasteiger partial charge in [0.1, 0.15) is 5.57 Å². The molecular formula is C15H13BrN2O4S. The maximum Gasteiger partial charge on any atom is 0.265 e. The summed E-state index contributed by atoms with van der Waals surface area (Å²) in [6.45, 7) is 3.75. The summed E-state index contributed by atoms with van der Waals surface area (Å²) in [5.74, 6) is -0.942. The number of aromatic hydroxyl groups is 1. The highest BCUT2D eigenvalue weighted by molar-refractivity contribution is 9.10. The van der Waals surface area contributed by atoms with Crippen molar-refractivity contribution in [2.24, 2.45) is 0 Å². The number of thiocarbonyl (C=S) groups is 1. The van der Waals surface area contributed by atoms with Gasteiger partial charge in [-0.2, -0.15) is 0 Å². The molecule has 1 aromatic carbocycles. The average molecular weight is 397 g/mol. The Morgan fingerprint density at radius 1 is 1.48 bits per heavy atom. The zero-order chi connectivity index (χ0) is 17.1. The lowest BCUT2D eigenvalue weighted by molar-refractivity contribution is -0.128. The van der Waals surface area contributed by atoms with Crippen LogP contribution in [0.4, 0.5) is 0 Å². The number of phenols is 1. The predicted molar refractivity (Wildman–Crippen MR) is 93.0 cm³/mol. The van der Waals surface area contributed by atoms with Crippen LogP contribution >= 0.6 is 28.1 Å². The van der Waals surface area contributed by atoms with Crippen molar-refractivity contribution in [1.82, 2.24) is 10.2 Å². The number of nitrogens with one attached hydrogen (secondary N) is 1. The molecule has 1 aliphatic heterocycles. The first kappa shape index (κ1) is 17.2. The first-order valence-corrected chi connectivity index (χ1v) is 7.65. The minimum absolute atomic E-state index is 0.0431. The highest BCUT2D eigenvalue weighted by atomic mass is 79.9. The van der Waals surface area contributed by atoms with E-state index in [2.05, 4.69) is 27.8 Å². The molecule has 6 nitrogen and oxygen atoms in total. The van der Waals surface area contributed by atoms with Gasteiger partial charge in [-0.05, 0) is 51.9 Å². The van der Waals surface area contributed by atoms with E-state index in [0.29, 0.717) is 10.0 Å². The van der Waals surface area contributed by atoms with E-state index >= 15 is 0 Å². The Kier molecular flexibility index (Phi) is 5.17. The van der Waals surface area contributed by atoms with E-state index in [0.717, 1.165) is 0 Å². The summed E-state index contributed by atoms with van der Waals surface area (Å²) >= 11 is 8.17. The number of phenolic OH excluding ortho intramolecular Hbond substituents is 1. The Balaban J connectivity index is 2.46. The van der Waals surface area contributed by atoms with Crippen LogP contribution in [-0.2, 0) is 9.59 Å². The Bertz CT molecular complexity index is 745. The smallest absolute Gasteiger partial charge is 0.265 e. The summed E-state index contributed by atoms with van der Waals surface area (Å²) in [5.41, 5.74) is 0.441. The van der Waals surface area contributed by atoms with Crippen molar-refractivity contribution in [3.05, 3.63) is 40.4 Å². The van der Waals surface area contributed by atoms with Crippen LogP contribution in [0.2, 0.25) is 0 Å². The number of nitrogens with zero attached hydrogens (tertiary/aromatic N) is 1. The summed E-state index contributed by atoms with van der Waals surface area (Å²) in [4.78, 5) is 25.7. The van der Waals surface area contributed by atoms with E-state index in [1.165, 1.54) is 30.2 Å². The molecule has 0 unspecified atom stereocenters. The second kappa shape index (κ2) is 6.93. The SMILES string of the molecule is C=CCN1C(=O)/C(=C/c2cc(Br)c(O)c(OC)c2)C(=O)NC1=S. The quantitative estimate of drug-likeness (QED) is 0.352. The van der Waals surface area contributed by atoms with Crippen molar-refractivity contribution >= 4 is 51.2 Å². The number of amides is 2. The predicted octanol–water partition coefficient (Wildman–Crippen LogP) is 1.98. The molecule has 2 N–H and O–H groups in total. The minimum Gasteiger partial charge on any atom is -0.503 e. The number of hydrogen-bond acceptors (Lipinski definition) is 5. The Morgan fingerprint density at radius 2 is 2.17 bits per heavy atom. The molecule has 2 rings (SSSR count). The van der Waals surface area contributed by atoms with Crippen molar-refractivity contribution in [1.29, 1.82) is 0 Å². The van der Waals surface area contributed by atoms with E-state index in [-0.39, 0.29) is 28.7 Å². The number of ether oxygens (including phenoxy) is 1. The normalized spacial score (nSPS) is 16.5. The van der Waals surface area contributed by atoms with Gasteiger partial charge in [0.2, 0.25) is 0 Å². The third-order valence-electron chi connectivity index (χ3n) is 3.08. The van der Waals surface area contributed by atoms with Gasteiger partial charge in [-0.25, -0.2) is 0 Å². The van der Waals surface area contributed by atoms with Gasteiger partial charge in [0, 0.05) is 6.54 Å². The summed E-state index contributed by atoms with van der Waals surface area (Å²) in [7, 11) is 1.40. The highest BCUT2D eigenvalue weighted by Crippen LogP contribution is 2.36. The second-order valence-electron chi connectivity index (χ2n) is 4.58. The lowest BCUT2D eigenvalue weighted by Gasteiger charge is -2.27. The summed E-state index contributed by atoms with van der Waals surface area (Å²) < 4.78 is 5.43. The van der Waals surface area contributed by atoms with E-state index in [1.54, 1.807) is 6.07 Å². The molecule has 0 saturated carbocycles. The Labute approximate surface area is 146 Å². The van der Waals surface area contributed by atoms with Gasteiger partial charge in [-0.1, -0.05) is 6.08 Å². The van der Waals surface area contributed by atoms with Gasteiger partial charge in [-0.15, -0.1) is 6.58 Å². The van der Waals surface area contributed by atoms with Gasteiger partial charge in [-0.3, -0.25) is 19.8 Å². The number of hydrogen-bond donors (Lipinski definition) is 2. The molecule has 120 valence electrons. The molecule has 1 fully saturated rings. The third kappa shape index (κ3) is 3.43. The summed E-state index contributed by atoms with van der Waals surface area (Å²) in [5, 5.41) is 12.3. The highest BCUT2D eigenvalue weighted by Gasteiger charge is 2.32. The molecule has 1 heterocycles. The zero-order valence-corrected chi connectivity index (χ0v) is 14.5. The van der Waals surface area contributed by atoms with Crippen LogP contribution in [0.5, 0.6) is 11.5 Å². The molecule has 1 saturated heterocycles. The number of methoxy groups -OCH3 is 1. The molecule has 0 aliphatic carbocycles. The fourth-order valence-electron chi connectivity index (χ4n) is 1.99. The molecule has 23 heavy (non-hydrogen) atoms. The molecule has 8 heteroatoms. The largest absolute Gasteiger partial charge is 0.503 e. The van der Waals surface area contributed by atoms with Gasteiger partial charge in [0.15, 0.2) is 16.6 Å². The molecule has 1 aromatic rings. The van der Waals surface area contributed by atoms with Gasteiger partial charge >= 0.3 is 0 Å². The Morgan fingerprint density at radius 3 is 2.78 bits per heavy atom. The van der Waals surface area contributed by atoms with Crippen LogP contribution in [0.25, 0.3) is 6.08 Å². The van der Waals surface area contributed by atoms with Gasteiger partial charge in [0.05, 0.1) is 11.6 Å². The number of carbonyl (C=O) groups is 2. The van der Waals surface area contributed by atoms with Crippen LogP contribution in [-0.4, -0.2) is 40.6 Å². The van der Waals surface area contributed by atoms with E-state index in [9.17, 15) is 14.7 Å². The van der Waals surface area contributed by atoms with Crippen molar-refractivity contribution in [2.45, 2.75) is 0 Å². The first-order chi connectivity index (χ1) is 10.9. The molecular weight excluding hydrogens is 384 g/mol. The topological polar surface area (TPSA) is 78.9 Å². The van der Waals surface area contributed by atoms with Crippen molar-refractivity contribution < 1.29 is 19.4 Å². The number of halogens is 1. The van der Waals surface area contributed by atoms with Crippen molar-refractivity contribution in [3.63, 3.8) is 0 Å². The molecule has 0 radical (unpaired) electrons. The summed E-state index contributed by atoms with van der Waals surface area (Å²) in [6, 6.07) is 3.08. The van der Waals surface area contributed by atoms with E-state index in [1.807, 2.05) is 0 Å². The second-order valence-corrected chi connectivity index (χ2v) is 5.82. The van der Waals surface area contributed by atoms with E-state index < -0.39 is 11.8 Å². The van der Waals surface area contributed by atoms with Gasteiger partial charge in [0.25, 0.3) is 11.8 Å². The van der Waals surface area contributed by atoms with Crippen LogP contribution in [0.1, 0.15) is 5.56 Å². The maximum atomic E-state index is 12.4. The monoisotopic (exact) mass is 396 g/mol. The molecule has 2 amide bonds. The number of carbonyl (C=O) groups excluding carboxylic acids is 2. The fraction of sp³-hybridized carbons (Fsp3) is 0.133. The molecule has 0 bridgehead atoms. The molecule has 1 aliphatic rings. The molecule has 0 atom stereocenters. The van der Waals surface area contributed by atoms with Gasteiger partial charge < -0.3 is 9.84 Å². The number of benzene rings is 1. The first-order valence-electron chi connectivity index (χ1n) is 6.45. The van der Waals surface area contributed by atoms with Crippen molar-refractivity contribution in [2.75, 3.05) is 13.7 Å². The third-order valence-corrected chi connectivity index (χ3v) is 4.01. The lowest BCUT2D eigenvalue weighted by atomic mass is 10.1. The van der Waals surface area contributed by atoms with Crippen LogP contribution < -0.4 is 10.1 Å². The minimum atomic E-state index is -0.580. The van der Waals surface area contributed by atoms with Crippen LogP contribution in [0, 0.1) is 0 Å². The number of rotatable bonds is 4. The fourth-order valence-corrected chi connectivity index (χ4v) is 2.70. The zero-order valence-electron chi connectivity index (χ0n) is 12.1. The van der Waals surface area contributed by atoms with E-state index in [4.69, 9.17) is 17.0 Å².